The quantitative estimate of drug-likeness (QED) is 0.685. The SMILES string of the molecule is COCCn1c(C)nc2cc(C(=O)O)cc(OCc3c(C)cccc3C)c21. The summed E-state index contributed by atoms with van der Waals surface area (Å²) in [5, 5.41) is 9.45. The number of hydrogen-bond acceptors (Lipinski definition) is 4. The van der Waals surface area contributed by atoms with Gasteiger partial charge in [0.05, 0.1) is 17.7 Å². The Morgan fingerprint density at radius 2 is 1.89 bits per heavy atom. The largest absolute Gasteiger partial charge is 0.487 e. The van der Waals surface area contributed by atoms with Crippen LogP contribution in [0.1, 0.15) is 32.9 Å². The number of imidazole rings is 1. The third-order valence-corrected chi connectivity index (χ3v) is 4.78. The van der Waals surface area contributed by atoms with Gasteiger partial charge in [0, 0.05) is 13.7 Å². The molecule has 0 saturated carbocycles. The van der Waals surface area contributed by atoms with E-state index >= 15 is 0 Å². The molecule has 6 nitrogen and oxygen atoms in total. The van der Waals surface area contributed by atoms with Crippen molar-refractivity contribution in [1.82, 2.24) is 9.55 Å². The lowest BCUT2D eigenvalue weighted by atomic mass is 10.0. The van der Waals surface area contributed by atoms with E-state index < -0.39 is 5.97 Å². The highest BCUT2D eigenvalue weighted by Crippen LogP contribution is 2.30. The van der Waals surface area contributed by atoms with Gasteiger partial charge in [-0.1, -0.05) is 18.2 Å². The molecule has 3 rings (SSSR count). The van der Waals surface area contributed by atoms with Gasteiger partial charge in [-0.15, -0.1) is 0 Å². The van der Waals surface area contributed by atoms with Crippen LogP contribution in [-0.2, 0) is 17.9 Å². The highest BCUT2D eigenvalue weighted by Gasteiger charge is 2.17. The molecule has 1 aromatic heterocycles. The van der Waals surface area contributed by atoms with E-state index in [0.29, 0.717) is 31.0 Å². The number of carbonyl (C=O) groups is 1. The molecule has 1 heterocycles. The predicted molar refractivity (Wildman–Crippen MR) is 104 cm³/mol. The second kappa shape index (κ2) is 7.80. The Hall–Kier alpha value is -2.86. The highest BCUT2D eigenvalue weighted by atomic mass is 16.5. The summed E-state index contributed by atoms with van der Waals surface area (Å²) in [5.74, 6) is 0.309. The van der Waals surface area contributed by atoms with Crippen LogP contribution in [0.5, 0.6) is 5.75 Å². The minimum Gasteiger partial charge on any atom is -0.487 e. The van der Waals surface area contributed by atoms with E-state index in [0.717, 1.165) is 28.0 Å². The number of methoxy groups -OCH3 is 1. The fourth-order valence-corrected chi connectivity index (χ4v) is 3.26. The number of aromatic nitrogens is 2. The van der Waals surface area contributed by atoms with Crippen LogP contribution in [0.3, 0.4) is 0 Å². The number of aromatic carboxylic acids is 1. The summed E-state index contributed by atoms with van der Waals surface area (Å²) in [4.78, 5) is 16.1. The number of benzene rings is 2. The van der Waals surface area contributed by atoms with Crippen LogP contribution in [0, 0.1) is 20.8 Å². The van der Waals surface area contributed by atoms with E-state index in [1.807, 2.05) is 43.5 Å². The first-order valence-electron chi connectivity index (χ1n) is 8.83. The van der Waals surface area contributed by atoms with Crippen molar-refractivity contribution in [2.24, 2.45) is 0 Å². The smallest absolute Gasteiger partial charge is 0.335 e. The van der Waals surface area contributed by atoms with Gasteiger partial charge in [0.15, 0.2) is 0 Å². The Morgan fingerprint density at radius 3 is 2.52 bits per heavy atom. The summed E-state index contributed by atoms with van der Waals surface area (Å²) in [6.07, 6.45) is 0. The van der Waals surface area contributed by atoms with Gasteiger partial charge in [-0.05, 0) is 49.6 Å². The molecule has 0 aliphatic heterocycles. The van der Waals surface area contributed by atoms with Crippen LogP contribution >= 0.6 is 0 Å². The Bertz CT molecular complexity index is 971. The summed E-state index contributed by atoms with van der Waals surface area (Å²) in [6.45, 7) is 7.49. The van der Waals surface area contributed by atoms with Crippen molar-refractivity contribution in [2.75, 3.05) is 13.7 Å². The molecule has 0 aliphatic carbocycles. The Balaban J connectivity index is 2.07. The lowest BCUT2D eigenvalue weighted by Crippen LogP contribution is -2.08. The Kier molecular flexibility index (Phi) is 5.46. The molecular formula is C21H24N2O4. The lowest BCUT2D eigenvalue weighted by Gasteiger charge is -2.14. The minimum absolute atomic E-state index is 0.162. The van der Waals surface area contributed by atoms with E-state index in [1.54, 1.807) is 19.2 Å². The van der Waals surface area contributed by atoms with Gasteiger partial charge >= 0.3 is 5.97 Å². The molecule has 0 fully saturated rings. The molecule has 2 aromatic carbocycles. The maximum Gasteiger partial charge on any atom is 0.335 e. The second-order valence-corrected chi connectivity index (χ2v) is 6.61. The number of rotatable bonds is 7. The second-order valence-electron chi connectivity index (χ2n) is 6.61. The van der Waals surface area contributed by atoms with Crippen LogP contribution in [0.4, 0.5) is 0 Å². The summed E-state index contributed by atoms with van der Waals surface area (Å²) < 4.78 is 13.3. The van der Waals surface area contributed by atoms with Gasteiger partial charge in [-0.3, -0.25) is 0 Å². The number of fused-ring (bicyclic) bond motifs is 1. The fourth-order valence-electron chi connectivity index (χ4n) is 3.26. The average molecular weight is 368 g/mol. The summed E-state index contributed by atoms with van der Waals surface area (Å²) in [7, 11) is 1.65. The number of aryl methyl sites for hydroxylation is 3. The third-order valence-electron chi connectivity index (χ3n) is 4.78. The van der Waals surface area contributed by atoms with Gasteiger partial charge in [0.25, 0.3) is 0 Å². The van der Waals surface area contributed by atoms with Crippen molar-refractivity contribution in [3.8, 4) is 5.75 Å². The maximum absolute atomic E-state index is 11.5. The van der Waals surface area contributed by atoms with E-state index in [-0.39, 0.29) is 5.56 Å². The summed E-state index contributed by atoms with van der Waals surface area (Å²) in [6, 6.07) is 9.26. The third kappa shape index (κ3) is 3.80. The number of carboxylic acids is 1. The molecule has 0 bridgehead atoms. The van der Waals surface area contributed by atoms with Gasteiger partial charge < -0.3 is 19.1 Å². The van der Waals surface area contributed by atoms with Gasteiger partial charge in [0.1, 0.15) is 23.7 Å². The molecule has 6 heteroatoms. The van der Waals surface area contributed by atoms with E-state index in [4.69, 9.17) is 9.47 Å². The van der Waals surface area contributed by atoms with Crippen LogP contribution in [0.2, 0.25) is 0 Å². The fraction of sp³-hybridized carbons (Fsp3) is 0.333. The molecular weight excluding hydrogens is 344 g/mol. The lowest BCUT2D eigenvalue weighted by molar-refractivity contribution is 0.0696. The van der Waals surface area contributed by atoms with Crippen LogP contribution in [-0.4, -0.2) is 34.3 Å². The van der Waals surface area contributed by atoms with Crippen molar-refractivity contribution >= 4 is 17.0 Å². The molecule has 0 aliphatic rings. The van der Waals surface area contributed by atoms with Crippen LogP contribution in [0.25, 0.3) is 11.0 Å². The molecule has 27 heavy (non-hydrogen) atoms. The van der Waals surface area contributed by atoms with Gasteiger partial charge in [-0.25, -0.2) is 9.78 Å². The number of ether oxygens (including phenoxy) is 2. The zero-order valence-electron chi connectivity index (χ0n) is 16.1. The molecule has 3 aromatic rings. The first kappa shape index (κ1) is 18.9. The highest BCUT2D eigenvalue weighted by molar-refractivity contribution is 5.95. The molecule has 0 amide bonds. The molecule has 0 atom stereocenters. The molecule has 0 radical (unpaired) electrons. The average Bonchev–Trinajstić information content (AvgIpc) is 2.94. The van der Waals surface area contributed by atoms with E-state index in [9.17, 15) is 9.90 Å². The zero-order valence-corrected chi connectivity index (χ0v) is 16.1. The minimum atomic E-state index is -1.00. The van der Waals surface area contributed by atoms with Crippen LogP contribution < -0.4 is 4.74 Å². The van der Waals surface area contributed by atoms with E-state index in [1.165, 1.54) is 0 Å². The van der Waals surface area contributed by atoms with Crippen molar-refractivity contribution < 1.29 is 19.4 Å². The summed E-state index contributed by atoms with van der Waals surface area (Å²) in [5.41, 5.74) is 4.96. The normalized spacial score (nSPS) is 11.1. The topological polar surface area (TPSA) is 73.6 Å². The van der Waals surface area contributed by atoms with E-state index in [2.05, 4.69) is 4.98 Å². The van der Waals surface area contributed by atoms with Gasteiger partial charge in [-0.2, -0.15) is 0 Å². The maximum atomic E-state index is 11.5. The Labute approximate surface area is 158 Å². The van der Waals surface area contributed by atoms with Crippen molar-refractivity contribution in [3.63, 3.8) is 0 Å². The predicted octanol–water partition coefficient (Wildman–Crippen LogP) is 3.89. The van der Waals surface area contributed by atoms with Crippen LogP contribution in [0.15, 0.2) is 30.3 Å². The monoisotopic (exact) mass is 368 g/mol. The number of carboxylic acid groups (broad SMARTS) is 1. The van der Waals surface area contributed by atoms with Crippen molar-refractivity contribution in [3.05, 3.63) is 58.4 Å². The summed E-state index contributed by atoms with van der Waals surface area (Å²) >= 11 is 0. The van der Waals surface area contributed by atoms with Crippen molar-refractivity contribution in [2.45, 2.75) is 33.9 Å². The molecule has 1 N–H and O–H groups in total. The zero-order chi connectivity index (χ0) is 19.6. The Morgan fingerprint density at radius 1 is 1.19 bits per heavy atom. The molecule has 0 spiro atoms. The first-order chi connectivity index (χ1) is 12.9. The molecule has 142 valence electrons. The number of hydrogen-bond donors (Lipinski definition) is 1. The molecule has 0 unspecified atom stereocenters. The number of nitrogens with zero attached hydrogens (tertiary/aromatic N) is 2. The van der Waals surface area contributed by atoms with Gasteiger partial charge in [0.2, 0.25) is 0 Å². The van der Waals surface area contributed by atoms with Crippen molar-refractivity contribution in [1.29, 1.82) is 0 Å². The first-order valence-corrected chi connectivity index (χ1v) is 8.83. The molecule has 0 saturated heterocycles. The standard InChI is InChI=1S/C21H24N2O4/c1-13-6-5-7-14(2)17(13)12-27-19-11-16(21(24)25)10-18-20(19)23(8-9-26-4)15(3)22-18/h5-7,10-11H,8-9,12H2,1-4H3,(H,24,25).